The number of carbonyl (C=O) groups is 1. The van der Waals surface area contributed by atoms with Gasteiger partial charge < -0.3 is 0 Å². The SMILES string of the molecule is C=C[C@@]1(C2CCCCC2)CCC1=O. The van der Waals surface area contributed by atoms with Crippen LogP contribution in [0.1, 0.15) is 44.9 Å². The fraction of sp³-hybridized carbons (Fsp3) is 0.750. The van der Waals surface area contributed by atoms with Gasteiger partial charge in [-0.3, -0.25) is 4.79 Å². The molecule has 0 amide bonds. The van der Waals surface area contributed by atoms with Gasteiger partial charge in [0.2, 0.25) is 0 Å². The minimum Gasteiger partial charge on any atom is -0.299 e. The Morgan fingerprint density at radius 2 is 2.00 bits per heavy atom. The summed E-state index contributed by atoms with van der Waals surface area (Å²) in [5.41, 5.74) is -0.0829. The molecular weight excluding hydrogens is 160 g/mol. The number of rotatable bonds is 2. The molecule has 0 saturated heterocycles. The van der Waals surface area contributed by atoms with Crippen molar-refractivity contribution in [1.29, 1.82) is 0 Å². The van der Waals surface area contributed by atoms with Crippen LogP contribution in [0.4, 0.5) is 0 Å². The Morgan fingerprint density at radius 3 is 2.38 bits per heavy atom. The van der Waals surface area contributed by atoms with E-state index in [1.807, 2.05) is 6.08 Å². The largest absolute Gasteiger partial charge is 0.299 e. The van der Waals surface area contributed by atoms with Crippen LogP contribution in [0.15, 0.2) is 12.7 Å². The van der Waals surface area contributed by atoms with Crippen molar-refractivity contribution in [3.05, 3.63) is 12.7 Å². The Bertz CT molecular complexity index is 225. The van der Waals surface area contributed by atoms with Crippen LogP contribution in [0.25, 0.3) is 0 Å². The van der Waals surface area contributed by atoms with Crippen LogP contribution < -0.4 is 0 Å². The molecule has 0 N–H and O–H groups in total. The van der Waals surface area contributed by atoms with Crippen molar-refractivity contribution in [2.45, 2.75) is 44.9 Å². The van der Waals surface area contributed by atoms with Crippen LogP contribution in [0.2, 0.25) is 0 Å². The van der Waals surface area contributed by atoms with Gasteiger partial charge in [-0.2, -0.15) is 0 Å². The van der Waals surface area contributed by atoms with Gasteiger partial charge in [-0.1, -0.05) is 25.3 Å². The van der Waals surface area contributed by atoms with Crippen molar-refractivity contribution < 1.29 is 4.79 Å². The first-order chi connectivity index (χ1) is 6.29. The molecule has 2 aliphatic rings. The van der Waals surface area contributed by atoms with E-state index in [-0.39, 0.29) is 5.41 Å². The molecule has 0 heterocycles. The number of Topliss-reactive ketones (excluding diaryl/α,β-unsaturated/α-hetero) is 1. The highest BCUT2D eigenvalue weighted by atomic mass is 16.1. The molecule has 2 aliphatic carbocycles. The molecule has 0 aromatic carbocycles. The summed E-state index contributed by atoms with van der Waals surface area (Å²) in [7, 11) is 0. The van der Waals surface area contributed by atoms with Gasteiger partial charge in [0.25, 0.3) is 0 Å². The summed E-state index contributed by atoms with van der Waals surface area (Å²) < 4.78 is 0. The third-order valence-corrected chi connectivity index (χ3v) is 3.98. The molecule has 2 rings (SSSR count). The van der Waals surface area contributed by atoms with Gasteiger partial charge in [0.05, 0.1) is 0 Å². The summed E-state index contributed by atoms with van der Waals surface area (Å²) in [6.45, 7) is 3.86. The first kappa shape index (κ1) is 8.98. The zero-order valence-corrected chi connectivity index (χ0v) is 8.22. The lowest BCUT2D eigenvalue weighted by Gasteiger charge is -2.45. The second kappa shape index (κ2) is 3.28. The smallest absolute Gasteiger partial charge is 0.143 e. The molecule has 1 nitrogen and oxygen atoms in total. The molecule has 13 heavy (non-hydrogen) atoms. The topological polar surface area (TPSA) is 17.1 Å². The molecule has 1 atom stereocenters. The second-order valence-corrected chi connectivity index (χ2v) is 4.50. The molecule has 0 unspecified atom stereocenters. The van der Waals surface area contributed by atoms with E-state index in [4.69, 9.17) is 0 Å². The first-order valence-electron chi connectivity index (χ1n) is 5.46. The predicted molar refractivity (Wildman–Crippen MR) is 53.4 cm³/mol. The van der Waals surface area contributed by atoms with E-state index in [9.17, 15) is 4.79 Å². The second-order valence-electron chi connectivity index (χ2n) is 4.50. The van der Waals surface area contributed by atoms with E-state index >= 15 is 0 Å². The molecule has 0 spiro atoms. The number of ketones is 1. The highest BCUT2D eigenvalue weighted by Gasteiger charge is 2.48. The van der Waals surface area contributed by atoms with Gasteiger partial charge in [-0.05, 0) is 25.2 Å². The van der Waals surface area contributed by atoms with Gasteiger partial charge in [0.1, 0.15) is 5.78 Å². The van der Waals surface area contributed by atoms with Crippen molar-refractivity contribution in [3.63, 3.8) is 0 Å². The summed E-state index contributed by atoms with van der Waals surface area (Å²) in [5.74, 6) is 1.08. The van der Waals surface area contributed by atoms with Crippen molar-refractivity contribution in [1.82, 2.24) is 0 Å². The van der Waals surface area contributed by atoms with Crippen molar-refractivity contribution >= 4 is 5.78 Å². The fourth-order valence-corrected chi connectivity index (χ4v) is 2.95. The maximum Gasteiger partial charge on any atom is 0.143 e. The summed E-state index contributed by atoms with van der Waals surface area (Å²) in [4.78, 5) is 11.6. The average molecular weight is 178 g/mol. The number of carbonyl (C=O) groups excluding carboxylic acids is 1. The summed E-state index contributed by atoms with van der Waals surface area (Å²) in [5, 5.41) is 0. The zero-order chi connectivity index (χ0) is 9.31. The van der Waals surface area contributed by atoms with E-state index in [0.717, 1.165) is 12.8 Å². The summed E-state index contributed by atoms with van der Waals surface area (Å²) in [6, 6.07) is 0. The lowest BCUT2D eigenvalue weighted by Crippen LogP contribution is -2.45. The molecule has 0 aromatic rings. The Hall–Kier alpha value is -0.590. The minimum atomic E-state index is -0.0829. The van der Waals surface area contributed by atoms with Crippen LogP contribution in [-0.4, -0.2) is 5.78 Å². The van der Waals surface area contributed by atoms with E-state index in [2.05, 4.69) is 6.58 Å². The van der Waals surface area contributed by atoms with E-state index < -0.39 is 0 Å². The molecule has 0 radical (unpaired) electrons. The standard InChI is InChI=1S/C12H18O/c1-2-12(9-8-11(12)13)10-6-4-3-5-7-10/h2,10H,1,3-9H2/t12-/m0/s1. The Morgan fingerprint density at radius 1 is 1.31 bits per heavy atom. The summed E-state index contributed by atoms with van der Waals surface area (Å²) in [6.07, 6.45) is 10.3. The Kier molecular flexibility index (Phi) is 2.27. The molecule has 72 valence electrons. The molecule has 0 bridgehead atoms. The molecule has 1 heteroatoms. The Balaban J connectivity index is 2.11. The van der Waals surface area contributed by atoms with Crippen molar-refractivity contribution in [2.24, 2.45) is 11.3 Å². The number of hydrogen-bond acceptors (Lipinski definition) is 1. The normalized spacial score (nSPS) is 35.5. The quantitative estimate of drug-likeness (QED) is 0.594. The van der Waals surface area contributed by atoms with Crippen molar-refractivity contribution in [2.75, 3.05) is 0 Å². The maximum atomic E-state index is 11.6. The third kappa shape index (κ3) is 1.25. The molecule has 2 fully saturated rings. The first-order valence-corrected chi connectivity index (χ1v) is 5.46. The van der Waals surface area contributed by atoms with Crippen LogP contribution in [0.3, 0.4) is 0 Å². The van der Waals surface area contributed by atoms with Crippen LogP contribution in [0, 0.1) is 11.3 Å². The van der Waals surface area contributed by atoms with Gasteiger partial charge in [0, 0.05) is 11.8 Å². The van der Waals surface area contributed by atoms with Gasteiger partial charge in [-0.15, -0.1) is 6.58 Å². The van der Waals surface area contributed by atoms with E-state index in [1.165, 1.54) is 32.1 Å². The predicted octanol–water partition coefficient (Wildman–Crippen LogP) is 3.10. The lowest BCUT2D eigenvalue weighted by molar-refractivity contribution is -0.139. The highest BCUT2D eigenvalue weighted by molar-refractivity contribution is 5.92. The van der Waals surface area contributed by atoms with E-state index in [1.54, 1.807) is 0 Å². The monoisotopic (exact) mass is 178 g/mol. The molecule has 2 saturated carbocycles. The molecular formula is C12H18O. The third-order valence-electron chi connectivity index (χ3n) is 3.98. The van der Waals surface area contributed by atoms with Crippen LogP contribution in [0.5, 0.6) is 0 Å². The van der Waals surface area contributed by atoms with Gasteiger partial charge >= 0.3 is 0 Å². The van der Waals surface area contributed by atoms with E-state index in [0.29, 0.717) is 11.7 Å². The molecule has 0 aromatic heterocycles. The number of hydrogen-bond donors (Lipinski definition) is 0. The lowest BCUT2D eigenvalue weighted by atomic mass is 9.57. The van der Waals surface area contributed by atoms with Gasteiger partial charge in [0.15, 0.2) is 0 Å². The Labute approximate surface area is 80.2 Å². The minimum absolute atomic E-state index is 0.0829. The average Bonchev–Trinajstić information content (AvgIpc) is 2.19. The number of allylic oxidation sites excluding steroid dienone is 1. The van der Waals surface area contributed by atoms with Crippen LogP contribution >= 0.6 is 0 Å². The van der Waals surface area contributed by atoms with Gasteiger partial charge in [-0.25, -0.2) is 0 Å². The highest BCUT2D eigenvalue weighted by Crippen LogP contribution is 2.50. The van der Waals surface area contributed by atoms with Crippen LogP contribution in [-0.2, 0) is 4.79 Å². The maximum absolute atomic E-state index is 11.6. The van der Waals surface area contributed by atoms with Crippen molar-refractivity contribution in [3.8, 4) is 0 Å². The summed E-state index contributed by atoms with van der Waals surface area (Å²) >= 11 is 0. The fourth-order valence-electron chi connectivity index (χ4n) is 2.95. The zero-order valence-electron chi connectivity index (χ0n) is 8.22. The molecule has 0 aliphatic heterocycles.